The molecule has 2 N–H and O–H groups in total. The van der Waals surface area contributed by atoms with E-state index in [1.54, 1.807) is 34.3 Å². The molecular formula is C15H18N2O4. The fourth-order valence-corrected chi connectivity index (χ4v) is 1.89. The first-order chi connectivity index (χ1) is 10.1. The van der Waals surface area contributed by atoms with Crippen molar-refractivity contribution in [2.24, 2.45) is 0 Å². The molecule has 0 unspecified atom stereocenters. The van der Waals surface area contributed by atoms with E-state index in [4.69, 9.17) is 24.5 Å². The average molecular weight is 290 g/mol. The zero-order valence-corrected chi connectivity index (χ0v) is 12.5. The van der Waals surface area contributed by atoms with Crippen LogP contribution in [0.5, 0.6) is 17.2 Å². The molecule has 0 bridgehead atoms. The molecule has 0 aliphatic carbocycles. The average Bonchev–Trinajstić information content (AvgIpc) is 2.83. The van der Waals surface area contributed by atoms with Crippen molar-refractivity contribution in [3.05, 3.63) is 29.2 Å². The van der Waals surface area contributed by atoms with E-state index in [-0.39, 0.29) is 0 Å². The second kappa shape index (κ2) is 6.21. The van der Waals surface area contributed by atoms with E-state index in [0.29, 0.717) is 34.4 Å². The van der Waals surface area contributed by atoms with Crippen LogP contribution in [-0.2, 0) is 0 Å². The van der Waals surface area contributed by atoms with Crippen molar-refractivity contribution in [2.75, 3.05) is 27.1 Å². The van der Waals surface area contributed by atoms with Crippen LogP contribution in [0.2, 0.25) is 0 Å². The molecule has 1 aromatic carbocycles. The molecule has 0 atom stereocenters. The fourth-order valence-electron chi connectivity index (χ4n) is 1.89. The number of hydrogen-bond donors (Lipinski definition) is 1. The summed E-state index contributed by atoms with van der Waals surface area (Å²) in [7, 11) is 4.71. The molecule has 0 aliphatic heterocycles. The molecule has 6 heteroatoms. The number of benzene rings is 1. The Morgan fingerprint density at radius 2 is 1.67 bits per heavy atom. The molecule has 0 radical (unpaired) electrons. The summed E-state index contributed by atoms with van der Waals surface area (Å²) >= 11 is 0. The summed E-state index contributed by atoms with van der Waals surface area (Å²) in [6, 6.07) is 3.67. The third-order valence-electron chi connectivity index (χ3n) is 3.06. The predicted molar refractivity (Wildman–Crippen MR) is 80.7 cm³/mol. The summed E-state index contributed by atoms with van der Waals surface area (Å²) in [5.74, 6) is 2.31. The minimum Gasteiger partial charge on any atom is -0.493 e. The number of nitrogens with zero attached hydrogens (tertiary/aromatic N) is 1. The normalized spacial score (nSPS) is 10.9. The van der Waals surface area contributed by atoms with Crippen molar-refractivity contribution < 1.29 is 18.7 Å². The summed E-state index contributed by atoms with van der Waals surface area (Å²) in [6.07, 6.45) is 3.62. The third-order valence-corrected chi connectivity index (χ3v) is 3.06. The van der Waals surface area contributed by atoms with E-state index in [1.165, 1.54) is 0 Å². The number of anilines is 1. The quantitative estimate of drug-likeness (QED) is 0.912. The van der Waals surface area contributed by atoms with Crippen LogP contribution in [0.4, 0.5) is 5.69 Å². The van der Waals surface area contributed by atoms with Gasteiger partial charge in [0.1, 0.15) is 11.4 Å². The van der Waals surface area contributed by atoms with Crippen LogP contribution in [0.15, 0.2) is 16.7 Å². The maximum absolute atomic E-state index is 5.85. The first kappa shape index (κ1) is 14.8. The summed E-state index contributed by atoms with van der Waals surface area (Å²) in [5.41, 5.74) is 7.82. The molecule has 0 amide bonds. The van der Waals surface area contributed by atoms with Gasteiger partial charge in [-0.2, -0.15) is 0 Å². The molecule has 112 valence electrons. The van der Waals surface area contributed by atoms with E-state index in [1.807, 2.05) is 18.2 Å². The molecule has 2 aromatic rings. The molecular weight excluding hydrogens is 272 g/mol. The van der Waals surface area contributed by atoms with Gasteiger partial charge < -0.3 is 24.5 Å². The smallest absolute Gasteiger partial charge is 0.203 e. The Hall–Kier alpha value is -2.63. The van der Waals surface area contributed by atoms with Crippen LogP contribution in [-0.4, -0.2) is 26.5 Å². The number of nitrogen functional groups attached to an aromatic ring is 1. The van der Waals surface area contributed by atoms with Crippen molar-refractivity contribution in [1.29, 1.82) is 0 Å². The monoisotopic (exact) mass is 290 g/mol. The van der Waals surface area contributed by atoms with Crippen molar-refractivity contribution in [3.63, 3.8) is 0 Å². The number of hydrogen-bond acceptors (Lipinski definition) is 6. The molecule has 1 aromatic heterocycles. The van der Waals surface area contributed by atoms with Gasteiger partial charge >= 0.3 is 0 Å². The van der Waals surface area contributed by atoms with E-state index in [0.717, 1.165) is 5.56 Å². The van der Waals surface area contributed by atoms with Crippen LogP contribution in [0.1, 0.15) is 17.0 Å². The van der Waals surface area contributed by atoms with Gasteiger partial charge in [-0.1, -0.05) is 11.2 Å². The largest absolute Gasteiger partial charge is 0.493 e. The standard InChI is InChI=1S/C15H18N2O4/c1-9-14(16)11(17-21-9)6-5-10-7-12(18-2)15(20-4)13(8-10)19-3/h5-8H,16H2,1-4H3. The number of aromatic nitrogens is 1. The number of rotatable bonds is 5. The molecule has 0 saturated carbocycles. The highest BCUT2D eigenvalue weighted by Gasteiger charge is 2.12. The van der Waals surface area contributed by atoms with Crippen LogP contribution in [0, 0.1) is 6.92 Å². The molecule has 0 aliphatic rings. The first-order valence-corrected chi connectivity index (χ1v) is 6.30. The molecule has 6 nitrogen and oxygen atoms in total. The molecule has 2 rings (SSSR count). The molecule has 0 fully saturated rings. The van der Waals surface area contributed by atoms with Gasteiger partial charge in [0.05, 0.1) is 21.3 Å². The first-order valence-electron chi connectivity index (χ1n) is 6.30. The van der Waals surface area contributed by atoms with Crippen molar-refractivity contribution in [3.8, 4) is 17.2 Å². The molecule has 1 heterocycles. The minimum absolute atomic E-state index is 0.527. The summed E-state index contributed by atoms with van der Waals surface area (Å²) in [5, 5.41) is 3.88. The summed E-state index contributed by atoms with van der Waals surface area (Å²) < 4.78 is 20.9. The van der Waals surface area contributed by atoms with Gasteiger partial charge in [-0.15, -0.1) is 0 Å². The molecule has 21 heavy (non-hydrogen) atoms. The Morgan fingerprint density at radius 3 is 2.10 bits per heavy atom. The summed E-state index contributed by atoms with van der Waals surface area (Å²) in [4.78, 5) is 0. The highest BCUT2D eigenvalue weighted by atomic mass is 16.5. The number of ether oxygens (including phenoxy) is 3. The zero-order chi connectivity index (χ0) is 15.4. The number of methoxy groups -OCH3 is 3. The molecule has 0 spiro atoms. The van der Waals surface area contributed by atoms with Crippen LogP contribution in [0.25, 0.3) is 12.2 Å². The van der Waals surface area contributed by atoms with Crippen LogP contribution >= 0.6 is 0 Å². The van der Waals surface area contributed by atoms with Gasteiger partial charge in [-0.25, -0.2) is 0 Å². The lowest BCUT2D eigenvalue weighted by molar-refractivity contribution is 0.324. The van der Waals surface area contributed by atoms with Gasteiger partial charge in [0, 0.05) is 0 Å². The van der Waals surface area contributed by atoms with Crippen molar-refractivity contribution >= 4 is 17.8 Å². The summed E-state index contributed by atoms with van der Waals surface area (Å²) in [6.45, 7) is 1.76. The maximum Gasteiger partial charge on any atom is 0.203 e. The van der Waals surface area contributed by atoms with E-state index < -0.39 is 0 Å². The highest BCUT2D eigenvalue weighted by Crippen LogP contribution is 2.38. The minimum atomic E-state index is 0.527. The Labute approximate surface area is 123 Å². The SMILES string of the molecule is COc1cc(C=Cc2noc(C)c2N)cc(OC)c1OC. The second-order valence-corrected chi connectivity index (χ2v) is 4.33. The van der Waals surface area contributed by atoms with Gasteiger partial charge in [0.2, 0.25) is 5.75 Å². The number of nitrogens with two attached hydrogens (primary N) is 1. The lowest BCUT2D eigenvalue weighted by Gasteiger charge is -2.12. The Balaban J connectivity index is 2.38. The van der Waals surface area contributed by atoms with Gasteiger partial charge in [0.25, 0.3) is 0 Å². The van der Waals surface area contributed by atoms with Gasteiger partial charge in [-0.05, 0) is 30.7 Å². The topological polar surface area (TPSA) is 79.7 Å². The van der Waals surface area contributed by atoms with E-state index in [2.05, 4.69) is 5.16 Å². The fraction of sp³-hybridized carbons (Fsp3) is 0.267. The predicted octanol–water partition coefficient (Wildman–Crippen LogP) is 2.76. The Kier molecular flexibility index (Phi) is 4.37. The van der Waals surface area contributed by atoms with Crippen molar-refractivity contribution in [2.45, 2.75) is 6.92 Å². The highest BCUT2D eigenvalue weighted by molar-refractivity contribution is 5.75. The lowest BCUT2D eigenvalue weighted by atomic mass is 10.1. The van der Waals surface area contributed by atoms with Crippen LogP contribution < -0.4 is 19.9 Å². The zero-order valence-electron chi connectivity index (χ0n) is 12.5. The Bertz CT molecular complexity index is 637. The Morgan fingerprint density at radius 1 is 1.05 bits per heavy atom. The lowest BCUT2D eigenvalue weighted by Crippen LogP contribution is -1.95. The third kappa shape index (κ3) is 2.94. The van der Waals surface area contributed by atoms with Crippen LogP contribution in [0.3, 0.4) is 0 Å². The van der Waals surface area contributed by atoms with Gasteiger partial charge in [0.15, 0.2) is 17.3 Å². The van der Waals surface area contributed by atoms with E-state index >= 15 is 0 Å². The second-order valence-electron chi connectivity index (χ2n) is 4.33. The van der Waals surface area contributed by atoms with Gasteiger partial charge in [-0.3, -0.25) is 0 Å². The van der Waals surface area contributed by atoms with Crippen molar-refractivity contribution in [1.82, 2.24) is 5.16 Å². The maximum atomic E-state index is 5.85. The number of aryl methyl sites for hydroxylation is 1. The van der Waals surface area contributed by atoms with E-state index in [9.17, 15) is 0 Å². The molecule has 0 saturated heterocycles.